The van der Waals surface area contributed by atoms with Gasteiger partial charge in [0.05, 0.1) is 6.10 Å². The van der Waals surface area contributed by atoms with Gasteiger partial charge in [-0.25, -0.2) is 0 Å². The van der Waals surface area contributed by atoms with E-state index in [1.54, 1.807) is 0 Å². The highest BCUT2D eigenvalue weighted by Gasteiger charge is 2.17. The number of nitrogens with one attached hydrogen (secondary N) is 2. The molecular formula is C21H26N2O2. The largest absolute Gasteiger partial charge is 0.490 e. The number of ether oxygens (including phenoxy) is 1. The second-order valence-corrected chi connectivity index (χ2v) is 6.44. The van der Waals surface area contributed by atoms with E-state index in [1.165, 1.54) is 12.8 Å². The predicted octanol–water partition coefficient (Wildman–Crippen LogP) is 4.37. The molecule has 4 nitrogen and oxygen atoms in total. The van der Waals surface area contributed by atoms with Gasteiger partial charge in [-0.2, -0.15) is 0 Å². The number of carbonyl (C=O) groups excluding carboxylic acids is 1. The van der Waals surface area contributed by atoms with Gasteiger partial charge in [-0.05, 0) is 62.1 Å². The Kier molecular flexibility index (Phi) is 6.07. The average molecular weight is 338 g/mol. The standard InChI is InChI=1S/C21H26N2O2/c1-2-22-15-17-8-3-6-13-20(17)23-21(24)16-9-7-12-19(14-16)25-18-10-4-5-11-18/h3,6-9,12-14,18,22H,2,4-5,10-11,15H2,1H3,(H,23,24). The van der Waals surface area contributed by atoms with Crippen LogP contribution in [0.5, 0.6) is 5.75 Å². The number of carbonyl (C=O) groups is 1. The maximum absolute atomic E-state index is 12.6. The van der Waals surface area contributed by atoms with Gasteiger partial charge >= 0.3 is 0 Å². The predicted molar refractivity (Wildman–Crippen MR) is 101 cm³/mol. The quantitative estimate of drug-likeness (QED) is 0.788. The Morgan fingerprint density at radius 1 is 1.12 bits per heavy atom. The lowest BCUT2D eigenvalue weighted by molar-refractivity contribution is 0.102. The molecule has 1 saturated carbocycles. The second kappa shape index (κ2) is 8.67. The summed E-state index contributed by atoms with van der Waals surface area (Å²) < 4.78 is 6.00. The molecule has 2 aromatic rings. The maximum atomic E-state index is 12.6. The van der Waals surface area contributed by atoms with Crippen LogP contribution in [0.4, 0.5) is 5.69 Å². The number of benzene rings is 2. The first-order valence-electron chi connectivity index (χ1n) is 9.13. The highest BCUT2D eigenvalue weighted by Crippen LogP contribution is 2.25. The molecule has 1 aliphatic carbocycles. The molecule has 0 atom stereocenters. The summed E-state index contributed by atoms with van der Waals surface area (Å²) in [5, 5.41) is 6.32. The SMILES string of the molecule is CCNCc1ccccc1NC(=O)c1cccc(OC2CCCC2)c1. The minimum Gasteiger partial charge on any atom is -0.490 e. The molecule has 132 valence electrons. The molecule has 0 unspecified atom stereocenters. The van der Waals surface area contributed by atoms with Crippen LogP contribution in [-0.2, 0) is 6.54 Å². The molecule has 0 saturated heterocycles. The summed E-state index contributed by atoms with van der Waals surface area (Å²) in [6.45, 7) is 3.69. The molecule has 0 aliphatic heterocycles. The van der Waals surface area contributed by atoms with E-state index < -0.39 is 0 Å². The highest BCUT2D eigenvalue weighted by atomic mass is 16.5. The summed E-state index contributed by atoms with van der Waals surface area (Å²) in [5.41, 5.74) is 2.54. The summed E-state index contributed by atoms with van der Waals surface area (Å²) in [6, 6.07) is 15.3. The molecule has 0 heterocycles. The molecule has 25 heavy (non-hydrogen) atoms. The van der Waals surface area contributed by atoms with E-state index in [9.17, 15) is 4.79 Å². The Bertz CT molecular complexity index is 709. The van der Waals surface area contributed by atoms with Crippen LogP contribution < -0.4 is 15.4 Å². The van der Waals surface area contributed by atoms with E-state index in [0.717, 1.165) is 42.9 Å². The van der Waals surface area contributed by atoms with Crippen molar-refractivity contribution < 1.29 is 9.53 Å². The molecule has 1 fully saturated rings. The van der Waals surface area contributed by atoms with Crippen LogP contribution in [-0.4, -0.2) is 18.6 Å². The third-order valence-electron chi connectivity index (χ3n) is 4.53. The van der Waals surface area contributed by atoms with E-state index in [2.05, 4.69) is 17.6 Å². The lowest BCUT2D eigenvalue weighted by atomic mass is 10.1. The van der Waals surface area contributed by atoms with E-state index in [1.807, 2.05) is 48.5 Å². The monoisotopic (exact) mass is 338 g/mol. The van der Waals surface area contributed by atoms with Crippen molar-refractivity contribution in [2.24, 2.45) is 0 Å². The van der Waals surface area contributed by atoms with Gasteiger partial charge in [0.15, 0.2) is 0 Å². The van der Waals surface area contributed by atoms with Crippen LogP contribution in [0.2, 0.25) is 0 Å². The van der Waals surface area contributed by atoms with Crippen molar-refractivity contribution in [3.63, 3.8) is 0 Å². The molecule has 0 aromatic heterocycles. The van der Waals surface area contributed by atoms with Crippen LogP contribution in [0.15, 0.2) is 48.5 Å². The summed E-state index contributed by atoms with van der Waals surface area (Å²) in [6.07, 6.45) is 4.96. The molecule has 4 heteroatoms. The number of amides is 1. The van der Waals surface area contributed by atoms with Gasteiger partial charge in [0, 0.05) is 17.8 Å². The molecule has 0 bridgehead atoms. The Morgan fingerprint density at radius 3 is 2.72 bits per heavy atom. The zero-order valence-corrected chi connectivity index (χ0v) is 14.8. The maximum Gasteiger partial charge on any atom is 0.255 e. The van der Waals surface area contributed by atoms with Crippen LogP contribution >= 0.6 is 0 Å². The van der Waals surface area contributed by atoms with Gasteiger partial charge in [0.1, 0.15) is 5.75 Å². The Hall–Kier alpha value is -2.33. The minimum atomic E-state index is -0.110. The van der Waals surface area contributed by atoms with E-state index in [0.29, 0.717) is 11.7 Å². The van der Waals surface area contributed by atoms with Crippen LogP contribution in [0.25, 0.3) is 0 Å². The third kappa shape index (κ3) is 4.83. The average Bonchev–Trinajstić information content (AvgIpc) is 3.14. The number of hydrogen-bond donors (Lipinski definition) is 2. The van der Waals surface area contributed by atoms with Gasteiger partial charge in [-0.3, -0.25) is 4.79 Å². The molecule has 2 aromatic carbocycles. The summed E-state index contributed by atoms with van der Waals surface area (Å²) in [7, 11) is 0. The van der Waals surface area contributed by atoms with Gasteiger partial charge in [-0.15, -0.1) is 0 Å². The van der Waals surface area contributed by atoms with Crippen molar-refractivity contribution in [3.05, 3.63) is 59.7 Å². The Balaban J connectivity index is 1.69. The van der Waals surface area contributed by atoms with Gasteiger partial charge in [0.25, 0.3) is 5.91 Å². The topological polar surface area (TPSA) is 50.4 Å². The highest BCUT2D eigenvalue weighted by molar-refractivity contribution is 6.04. The zero-order chi connectivity index (χ0) is 17.5. The second-order valence-electron chi connectivity index (χ2n) is 6.44. The van der Waals surface area contributed by atoms with Gasteiger partial charge in [-0.1, -0.05) is 31.2 Å². The number of hydrogen-bond acceptors (Lipinski definition) is 3. The van der Waals surface area contributed by atoms with E-state index in [-0.39, 0.29) is 5.91 Å². The van der Waals surface area contributed by atoms with Crippen molar-refractivity contribution in [1.82, 2.24) is 5.32 Å². The molecule has 3 rings (SSSR count). The molecule has 0 spiro atoms. The number of anilines is 1. The fourth-order valence-electron chi connectivity index (χ4n) is 3.16. The third-order valence-corrected chi connectivity index (χ3v) is 4.53. The molecule has 0 radical (unpaired) electrons. The van der Waals surface area contributed by atoms with Crippen molar-refractivity contribution >= 4 is 11.6 Å². The van der Waals surface area contributed by atoms with Crippen molar-refractivity contribution in [1.29, 1.82) is 0 Å². The van der Waals surface area contributed by atoms with Crippen LogP contribution in [0.3, 0.4) is 0 Å². The molecule has 1 aliphatic rings. The van der Waals surface area contributed by atoms with Crippen molar-refractivity contribution in [2.45, 2.75) is 45.3 Å². The van der Waals surface area contributed by atoms with E-state index >= 15 is 0 Å². The minimum absolute atomic E-state index is 0.110. The Labute approximate surface area is 149 Å². The van der Waals surface area contributed by atoms with E-state index in [4.69, 9.17) is 4.74 Å². The van der Waals surface area contributed by atoms with Crippen molar-refractivity contribution in [2.75, 3.05) is 11.9 Å². The van der Waals surface area contributed by atoms with Gasteiger partial charge < -0.3 is 15.4 Å². The molecule has 2 N–H and O–H groups in total. The lowest BCUT2D eigenvalue weighted by Gasteiger charge is -2.14. The summed E-state index contributed by atoms with van der Waals surface area (Å²) in [4.78, 5) is 12.6. The van der Waals surface area contributed by atoms with Gasteiger partial charge in [0.2, 0.25) is 0 Å². The number of para-hydroxylation sites is 1. The lowest BCUT2D eigenvalue weighted by Crippen LogP contribution is -2.17. The van der Waals surface area contributed by atoms with Crippen molar-refractivity contribution in [3.8, 4) is 5.75 Å². The first kappa shape index (κ1) is 17.5. The smallest absolute Gasteiger partial charge is 0.255 e. The summed E-state index contributed by atoms with van der Waals surface area (Å²) in [5.74, 6) is 0.668. The first-order valence-corrected chi connectivity index (χ1v) is 9.13. The summed E-state index contributed by atoms with van der Waals surface area (Å²) >= 11 is 0. The van der Waals surface area contributed by atoms with Crippen LogP contribution in [0.1, 0.15) is 48.5 Å². The molecular weight excluding hydrogens is 312 g/mol. The Morgan fingerprint density at radius 2 is 1.92 bits per heavy atom. The molecule has 1 amide bonds. The fraction of sp³-hybridized carbons (Fsp3) is 0.381. The van der Waals surface area contributed by atoms with Crippen LogP contribution in [0, 0.1) is 0 Å². The first-order chi connectivity index (χ1) is 12.3. The number of rotatable bonds is 7. The zero-order valence-electron chi connectivity index (χ0n) is 14.8. The normalized spacial score (nSPS) is 14.4. The fourth-order valence-corrected chi connectivity index (χ4v) is 3.16.